The van der Waals surface area contributed by atoms with Crippen molar-refractivity contribution in [1.29, 1.82) is 0 Å². The van der Waals surface area contributed by atoms with Gasteiger partial charge in [0, 0.05) is 56.8 Å². The quantitative estimate of drug-likeness (QED) is 0.555. The number of benzene rings is 1. The Labute approximate surface area is 167 Å². The normalized spacial score (nSPS) is 21.1. The van der Waals surface area contributed by atoms with Gasteiger partial charge in [0.25, 0.3) is 0 Å². The Bertz CT molecular complexity index is 772. The first kappa shape index (κ1) is 20.2. The zero-order valence-corrected chi connectivity index (χ0v) is 17.5. The number of piperazine rings is 1. The van der Waals surface area contributed by atoms with Gasteiger partial charge in [-0.05, 0) is 43.0 Å². The van der Waals surface area contributed by atoms with Gasteiger partial charge in [-0.25, -0.2) is 4.79 Å². The van der Waals surface area contributed by atoms with Crippen molar-refractivity contribution in [2.24, 2.45) is 5.92 Å². The predicted octanol–water partition coefficient (Wildman–Crippen LogP) is 3.31. The zero-order chi connectivity index (χ0) is 20.4. The molecule has 152 valence electrons. The van der Waals surface area contributed by atoms with Gasteiger partial charge in [-0.1, -0.05) is 13.8 Å². The van der Waals surface area contributed by atoms with Crippen LogP contribution in [0.3, 0.4) is 0 Å². The minimum absolute atomic E-state index is 0.0137. The van der Waals surface area contributed by atoms with Crippen LogP contribution in [-0.2, 0) is 4.74 Å². The molecule has 3 rings (SSSR count). The van der Waals surface area contributed by atoms with Crippen molar-refractivity contribution in [3.63, 3.8) is 0 Å². The van der Waals surface area contributed by atoms with E-state index in [1.54, 1.807) is 12.3 Å². The summed E-state index contributed by atoms with van der Waals surface area (Å²) in [5, 5.41) is 0. The first-order valence-electron chi connectivity index (χ1n) is 9.96. The number of fused-ring (bicyclic) bond motifs is 2. The van der Waals surface area contributed by atoms with E-state index in [9.17, 15) is 9.59 Å². The smallest absolute Gasteiger partial charge is 0.410 e. The van der Waals surface area contributed by atoms with E-state index in [1.165, 1.54) is 0 Å². The molecule has 0 saturated carbocycles. The van der Waals surface area contributed by atoms with E-state index >= 15 is 0 Å². The minimum Gasteiger partial charge on any atom is -0.449 e. The molecule has 2 bridgehead atoms. The molecule has 6 nitrogen and oxygen atoms in total. The number of aryl methyl sites for hydroxylation is 1. The second-order valence-corrected chi connectivity index (χ2v) is 8.46. The number of anilines is 1. The summed E-state index contributed by atoms with van der Waals surface area (Å²) in [5.74, 6) is 0.358. The first-order valence-corrected chi connectivity index (χ1v) is 9.96. The Balaban J connectivity index is 1.65. The number of carbonyl (C=O) groups is 2. The van der Waals surface area contributed by atoms with Gasteiger partial charge in [0.2, 0.25) is 0 Å². The standard InChI is InChI=1S/C22H31N3O3/c1-15(2)14-28-22(27)25-13-18-11-19(25)12-24(18)17-6-7-20(16(3)10-17)21(26)8-9-23(4)5/h6-10,15,18-19H,11-14H2,1-5H3/b9-8+. The summed E-state index contributed by atoms with van der Waals surface area (Å²) in [7, 11) is 3.79. The Hall–Kier alpha value is -2.50. The van der Waals surface area contributed by atoms with Crippen molar-refractivity contribution >= 4 is 17.6 Å². The van der Waals surface area contributed by atoms with Crippen molar-refractivity contribution in [1.82, 2.24) is 9.80 Å². The Morgan fingerprint density at radius 3 is 2.57 bits per heavy atom. The summed E-state index contributed by atoms with van der Waals surface area (Å²) in [5.41, 5.74) is 2.82. The van der Waals surface area contributed by atoms with Crippen LogP contribution in [0, 0.1) is 12.8 Å². The Morgan fingerprint density at radius 1 is 1.25 bits per heavy atom. The SMILES string of the molecule is Cc1cc(N2CC3CC2CN3C(=O)OCC(C)C)ccc1C(=O)/C=C/N(C)C. The maximum atomic E-state index is 12.4. The first-order chi connectivity index (χ1) is 13.3. The lowest BCUT2D eigenvalue weighted by molar-refractivity contribution is 0.0860. The van der Waals surface area contributed by atoms with Gasteiger partial charge in [0.15, 0.2) is 5.78 Å². The molecule has 2 atom stereocenters. The van der Waals surface area contributed by atoms with Crippen LogP contribution >= 0.6 is 0 Å². The summed E-state index contributed by atoms with van der Waals surface area (Å²) < 4.78 is 5.40. The van der Waals surface area contributed by atoms with Gasteiger partial charge < -0.3 is 19.4 Å². The summed E-state index contributed by atoms with van der Waals surface area (Å²) in [6.45, 7) is 8.04. The molecule has 2 aliphatic rings. The molecule has 1 amide bonds. The molecular formula is C22H31N3O3. The number of rotatable bonds is 6. The van der Waals surface area contributed by atoms with E-state index in [0.29, 0.717) is 25.1 Å². The fourth-order valence-electron chi connectivity index (χ4n) is 3.94. The molecule has 28 heavy (non-hydrogen) atoms. The molecule has 2 saturated heterocycles. The van der Waals surface area contributed by atoms with Crippen molar-refractivity contribution in [3.05, 3.63) is 41.6 Å². The molecule has 2 aliphatic heterocycles. The van der Waals surface area contributed by atoms with Crippen LogP contribution in [0.1, 0.15) is 36.2 Å². The fourth-order valence-corrected chi connectivity index (χ4v) is 3.94. The molecule has 1 aromatic carbocycles. The number of carbonyl (C=O) groups excluding carboxylic acids is 2. The highest BCUT2D eigenvalue weighted by Gasteiger charge is 2.46. The largest absolute Gasteiger partial charge is 0.449 e. The predicted molar refractivity (Wildman–Crippen MR) is 111 cm³/mol. The van der Waals surface area contributed by atoms with E-state index in [4.69, 9.17) is 4.74 Å². The summed E-state index contributed by atoms with van der Waals surface area (Å²) >= 11 is 0. The van der Waals surface area contributed by atoms with Crippen molar-refractivity contribution in [2.45, 2.75) is 39.3 Å². The third kappa shape index (κ3) is 4.32. The maximum absolute atomic E-state index is 12.4. The van der Waals surface area contributed by atoms with Gasteiger partial charge in [0.05, 0.1) is 12.6 Å². The number of allylic oxidation sites excluding steroid dienone is 1. The molecule has 2 fully saturated rings. The highest BCUT2D eigenvalue weighted by Crippen LogP contribution is 2.35. The van der Waals surface area contributed by atoms with E-state index in [-0.39, 0.29) is 17.9 Å². The van der Waals surface area contributed by atoms with Crippen LogP contribution in [0.25, 0.3) is 0 Å². The molecule has 0 aliphatic carbocycles. The average Bonchev–Trinajstić information content (AvgIpc) is 3.24. The summed E-state index contributed by atoms with van der Waals surface area (Å²) in [6.07, 6.45) is 4.15. The molecule has 0 aromatic heterocycles. The fraction of sp³-hybridized carbons (Fsp3) is 0.545. The van der Waals surface area contributed by atoms with E-state index in [0.717, 1.165) is 29.8 Å². The van der Waals surface area contributed by atoms with Crippen LogP contribution in [-0.4, -0.2) is 67.6 Å². The molecule has 0 spiro atoms. The molecular weight excluding hydrogens is 354 g/mol. The average molecular weight is 386 g/mol. The molecule has 6 heteroatoms. The third-order valence-electron chi connectivity index (χ3n) is 5.35. The molecule has 2 unspecified atom stereocenters. The van der Waals surface area contributed by atoms with Crippen LogP contribution in [0.4, 0.5) is 10.5 Å². The van der Waals surface area contributed by atoms with Gasteiger partial charge >= 0.3 is 6.09 Å². The highest BCUT2D eigenvalue weighted by atomic mass is 16.6. The lowest BCUT2D eigenvalue weighted by Crippen LogP contribution is -2.49. The molecule has 0 radical (unpaired) electrons. The van der Waals surface area contributed by atoms with Crippen LogP contribution in [0.5, 0.6) is 0 Å². The Morgan fingerprint density at radius 2 is 2.00 bits per heavy atom. The maximum Gasteiger partial charge on any atom is 0.410 e. The van der Waals surface area contributed by atoms with E-state index in [2.05, 4.69) is 11.0 Å². The number of hydrogen-bond acceptors (Lipinski definition) is 5. The minimum atomic E-state index is -0.189. The highest BCUT2D eigenvalue weighted by molar-refractivity contribution is 6.05. The van der Waals surface area contributed by atoms with Crippen LogP contribution < -0.4 is 4.90 Å². The summed E-state index contributed by atoms with van der Waals surface area (Å²) in [6, 6.07) is 6.53. The van der Waals surface area contributed by atoms with Gasteiger partial charge in [-0.3, -0.25) is 4.79 Å². The number of hydrogen-bond donors (Lipinski definition) is 0. The lowest BCUT2D eigenvalue weighted by Gasteiger charge is -2.35. The molecule has 2 heterocycles. The monoisotopic (exact) mass is 385 g/mol. The second kappa shape index (κ2) is 8.25. The van der Waals surface area contributed by atoms with Crippen LogP contribution in [0.2, 0.25) is 0 Å². The Kier molecular flexibility index (Phi) is 5.96. The van der Waals surface area contributed by atoms with Gasteiger partial charge in [-0.2, -0.15) is 0 Å². The van der Waals surface area contributed by atoms with E-state index < -0.39 is 0 Å². The zero-order valence-electron chi connectivity index (χ0n) is 17.5. The number of amides is 1. The number of ether oxygens (including phenoxy) is 1. The van der Waals surface area contributed by atoms with Gasteiger partial charge in [0.1, 0.15) is 0 Å². The van der Waals surface area contributed by atoms with Crippen molar-refractivity contribution in [2.75, 3.05) is 38.7 Å². The third-order valence-corrected chi connectivity index (χ3v) is 5.35. The van der Waals surface area contributed by atoms with Gasteiger partial charge in [-0.15, -0.1) is 0 Å². The summed E-state index contributed by atoms with van der Waals surface area (Å²) in [4.78, 5) is 30.8. The van der Waals surface area contributed by atoms with E-state index in [1.807, 2.05) is 56.8 Å². The second-order valence-electron chi connectivity index (χ2n) is 8.46. The number of likely N-dealkylation sites (tertiary alicyclic amines) is 1. The van der Waals surface area contributed by atoms with Crippen molar-refractivity contribution in [3.8, 4) is 0 Å². The molecule has 0 N–H and O–H groups in total. The lowest BCUT2D eigenvalue weighted by atomic mass is 10.0. The van der Waals surface area contributed by atoms with Crippen molar-refractivity contribution < 1.29 is 14.3 Å². The number of ketones is 1. The topological polar surface area (TPSA) is 53.1 Å². The number of nitrogens with zero attached hydrogens (tertiary/aromatic N) is 3. The van der Waals surface area contributed by atoms with Crippen LogP contribution in [0.15, 0.2) is 30.5 Å². The molecule has 1 aromatic rings.